The fraction of sp³-hybridized carbons (Fsp3) is 0.889. The van der Waals surface area contributed by atoms with Crippen LogP contribution in [0.15, 0.2) is 11.6 Å². The molecule has 10 atom stereocenters. The van der Waals surface area contributed by atoms with Crippen LogP contribution in [0.2, 0.25) is 0 Å². The van der Waals surface area contributed by atoms with Crippen LogP contribution in [0.3, 0.4) is 0 Å². The van der Waals surface area contributed by atoms with Crippen molar-refractivity contribution in [3.63, 3.8) is 0 Å². The Bertz CT molecular complexity index is 716. The Balaban J connectivity index is 1.48. The molecule has 0 aromatic carbocycles. The minimum atomic E-state index is -0.679. The van der Waals surface area contributed by atoms with E-state index in [9.17, 15) is 15.0 Å². The van der Waals surface area contributed by atoms with Crippen molar-refractivity contribution in [2.24, 2.45) is 46.3 Å². The van der Waals surface area contributed by atoms with Gasteiger partial charge in [0.05, 0.1) is 18.1 Å². The minimum absolute atomic E-state index is 0.154. The van der Waals surface area contributed by atoms with Gasteiger partial charge in [-0.1, -0.05) is 52.2 Å². The summed E-state index contributed by atoms with van der Waals surface area (Å²) in [6.45, 7) is 9.11. The summed E-state index contributed by atoms with van der Waals surface area (Å²) < 4.78 is 0. The topological polar surface area (TPSA) is 77.8 Å². The van der Waals surface area contributed by atoms with Crippen molar-refractivity contribution in [2.75, 3.05) is 0 Å². The van der Waals surface area contributed by atoms with Crippen molar-refractivity contribution in [1.82, 2.24) is 0 Å². The molecule has 3 saturated carbocycles. The lowest BCUT2D eigenvalue weighted by atomic mass is 9.46. The predicted octanol–water partition coefficient (Wildman–Crippen LogP) is 5.42. The highest BCUT2D eigenvalue weighted by Gasteiger charge is 2.61. The van der Waals surface area contributed by atoms with E-state index in [0.29, 0.717) is 29.6 Å². The highest BCUT2D eigenvalue weighted by atomic mass is 16.4. The largest absolute Gasteiger partial charge is 0.481 e. The van der Waals surface area contributed by atoms with Crippen LogP contribution in [0, 0.1) is 46.3 Å². The molecule has 4 heteroatoms. The Morgan fingerprint density at radius 3 is 2.52 bits per heavy atom. The number of carbonyl (C=O) groups is 1. The molecule has 31 heavy (non-hydrogen) atoms. The van der Waals surface area contributed by atoms with Gasteiger partial charge in [-0.05, 0) is 91.8 Å². The van der Waals surface area contributed by atoms with Gasteiger partial charge in [-0.3, -0.25) is 4.79 Å². The van der Waals surface area contributed by atoms with Gasteiger partial charge in [0.2, 0.25) is 0 Å². The van der Waals surface area contributed by atoms with Gasteiger partial charge in [-0.2, -0.15) is 0 Å². The first-order chi connectivity index (χ1) is 14.6. The normalized spacial score (nSPS) is 46.3. The number of rotatable bonds is 6. The summed E-state index contributed by atoms with van der Waals surface area (Å²) in [5.74, 6) is 1.83. The molecular weight excluding hydrogens is 388 g/mol. The first-order valence-corrected chi connectivity index (χ1v) is 12.9. The highest BCUT2D eigenvalue weighted by molar-refractivity contribution is 5.69. The van der Waals surface area contributed by atoms with Gasteiger partial charge >= 0.3 is 5.97 Å². The molecular formula is C27H44O4. The Hall–Kier alpha value is -0.870. The molecule has 4 rings (SSSR count). The fourth-order valence-corrected chi connectivity index (χ4v) is 8.68. The number of aliphatic hydroxyl groups is 2. The number of aliphatic hydroxyl groups excluding tert-OH is 2. The van der Waals surface area contributed by atoms with Crippen molar-refractivity contribution in [1.29, 1.82) is 0 Å². The van der Waals surface area contributed by atoms with Gasteiger partial charge in [0, 0.05) is 0 Å². The lowest BCUT2D eigenvalue weighted by molar-refractivity contribution is -0.141. The molecule has 0 saturated heterocycles. The van der Waals surface area contributed by atoms with Crippen molar-refractivity contribution in [3.05, 3.63) is 11.6 Å². The molecule has 0 heterocycles. The van der Waals surface area contributed by atoms with Gasteiger partial charge in [-0.25, -0.2) is 0 Å². The summed E-state index contributed by atoms with van der Waals surface area (Å²) in [4.78, 5) is 11.1. The van der Waals surface area contributed by atoms with E-state index < -0.39 is 5.97 Å². The molecule has 0 aromatic heterocycles. The van der Waals surface area contributed by atoms with Crippen LogP contribution < -0.4 is 0 Å². The zero-order chi connectivity index (χ0) is 22.6. The molecule has 0 bridgehead atoms. The summed E-state index contributed by atoms with van der Waals surface area (Å²) in [6, 6.07) is 0. The Morgan fingerprint density at radius 1 is 1.06 bits per heavy atom. The second-order valence-corrected chi connectivity index (χ2v) is 12.2. The van der Waals surface area contributed by atoms with Gasteiger partial charge in [0.1, 0.15) is 0 Å². The molecule has 3 N–H and O–H groups in total. The molecule has 176 valence electrons. The molecule has 0 amide bonds. The quantitative estimate of drug-likeness (QED) is 0.490. The maximum Gasteiger partial charge on any atom is 0.306 e. The van der Waals surface area contributed by atoms with Crippen molar-refractivity contribution >= 4 is 5.97 Å². The van der Waals surface area contributed by atoms with Crippen LogP contribution in [-0.2, 0) is 4.79 Å². The molecule has 3 fully saturated rings. The number of hydrogen-bond donors (Lipinski definition) is 3. The summed E-state index contributed by atoms with van der Waals surface area (Å²) in [5.41, 5.74) is 1.76. The van der Waals surface area contributed by atoms with Gasteiger partial charge < -0.3 is 15.3 Å². The third-order valence-corrected chi connectivity index (χ3v) is 10.6. The number of hydrogen-bond acceptors (Lipinski definition) is 3. The molecule has 4 nitrogen and oxygen atoms in total. The summed E-state index contributed by atoms with van der Waals surface area (Å²) in [5, 5.41) is 30.6. The third-order valence-electron chi connectivity index (χ3n) is 10.6. The zero-order valence-corrected chi connectivity index (χ0v) is 20.0. The summed E-state index contributed by atoms with van der Waals surface area (Å²) >= 11 is 0. The Morgan fingerprint density at radius 2 is 1.81 bits per heavy atom. The van der Waals surface area contributed by atoms with E-state index in [4.69, 9.17) is 5.11 Å². The first-order valence-electron chi connectivity index (χ1n) is 12.9. The van der Waals surface area contributed by atoms with Crippen LogP contribution >= 0.6 is 0 Å². The molecule has 1 unspecified atom stereocenters. The van der Waals surface area contributed by atoms with Crippen LogP contribution in [0.1, 0.15) is 91.9 Å². The second-order valence-electron chi connectivity index (χ2n) is 12.2. The predicted molar refractivity (Wildman–Crippen MR) is 122 cm³/mol. The number of carboxylic acid groups (broad SMARTS) is 1. The van der Waals surface area contributed by atoms with Crippen molar-refractivity contribution in [2.45, 2.75) is 104 Å². The van der Waals surface area contributed by atoms with E-state index in [1.54, 1.807) is 0 Å². The molecule has 0 radical (unpaired) electrons. The molecule has 0 aliphatic heterocycles. The average molecular weight is 433 g/mol. The first kappa shape index (κ1) is 23.3. The van der Waals surface area contributed by atoms with E-state index in [-0.39, 0.29) is 29.0 Å². The van der Waals surface area contributed by atoms with Crippen molar-refractivity contribution in [3.8, 4) is 0 Å². The molecule has 4 aliphatic rings. The lowest BCUT2D eigenvalue weighted by Crippen LogP contribution is -2.54. The minimum Gasteiger partial charge on any atom is -0.481 e. The zero-order valence-electron chi connectivity index (χ0n) is 20.0. The smallest absolute Gasteiger partial charge is 0.306 e. The van der Waals surface area contributed by atoms with Crippen molar-refractivity contribution < 1.29 is 20.1 Å². The maximum atomic E-state index is 11.3. The molecule has 0 spiro atoms. The van der Waals surface area contributed by atoms with Crippen LogP contribution in [0.4, 0.5) is 0 Å². The van der Waals surface area contributed by atoms with E-state index in [2.05, 4.69) is 26.8 Å². The van der Waals surface area contributed by atoms with E-state index in [1.807, 2.05) is 6.92 Å². The Labute approximate surface area is 188 Å². The molecule has 4 aliphatic carbocycles. The monoisotopic (exact) mass is 432 g/mol. The van der Waals surface area contributed by atoms with E-state index in [0.717, 1.165) is 38.5 Å². The number of aliphatic carboxylic acids is 1. The average Bonchev–Trinajstić information content (AvgIpc) is 3.06. The van der Waals surface area contributed by atoms with Crippen LogP contribution in [0.5, 0.6) is 0 Å². The number of carboxylic acids is 1. The van der Waals surface area contributed by atoms with Crippen LogP contribution in [0.25, 0.3) is 0 Å². The molecule has 0 aromatic rings. The lowest BCUT2D eigenvalue weighted by Gasteiger charge is -2.59. The van der Waals surface area contributed by atoms with Gasteiger partial charge in [0.25, 0.3) is 0 Å². The van der Waals surface area contributed by atoms with Crippen LogP contribution in [-0.4, -0.2) is 33.5 Å². The number of fused-ring (bicyclic) bond motifs is 5. The third kappa shape index (κ3) is 3.90. The summed E-state index contributed by atoms with van der Waals surface area (Å²) in [6.07, 6.45) is 12.0. The fourth-order valence-electron chi connectivity index (χ4n) is 8.68. The van der Waals surface area contributed by atoms with E-state index in [1.165, 1.54) is 31.3 Å². The second kappa shape index (κ2) is 8.48. The van der Waals surface area contributed by atoms with E-state index >= 15 is 0 Å². The summed E-state index contributed by atoms with van der Waals surface area (Å²) in [7, 11) is 0. The SMILES string of the molecule is C[C@H](CCC[C@@H](C)[C@H]1CC[C@H]2[C@@H]3[C@H](O)C=C4C[C@@H](O)CCC4(C)[C@H]3CC[C@]12C)C(=O)O. The van der Waals surface area contributed by atoms with Gasteiger partial charge in [0.15, 0.2) is 0 Å². The Kier molecular flexibility index (Phi) is 6.37. The maximum absolute atomic E-state index is 11.3. The standard InChI is InChI=1S/C27H44O4/c1-16(6-5-7-17(2)25(30)31)20-8-9-21-24-22(11-13-27(20,21)4)26(3)12-10-19(28)14-18(26)15-23(24)29/h15-17,19-24,28-29H,5-14H2,1-4H3,(H,30,31)/t16-,17-,19+,20-,21+,22+,23-,24+,26?,27-/m1/s1. The highest BCUT2D eigenvalue weighted by Crippen LogP contribution is 2.67. The van der Waals surface area contributed by atoms with Gasteiger partial charge in [-0.15, -0.1) is 0 Å².